The van der Waals surface area contributed by atoms with E-state index in [9.17, 15) is 19.1 Å². The van der Waals surface area contributed by atoms with Gasteiger partial charge in [0.15, 0.2) is 4.34 Å². The smallest absolute Gasteiger partial charge is 0.301 e. The van der Waals surface area contributed by atoms with Crippen LogP contribution >= 0.6 is 23.1 Å². The van der Waals surface area contributed by atoms with E-state index in [1.54, 1.807) is 54.7 Å². The van der Waals surface area contributed by atoms with Crippen molar-refractivity contribution < 1.29 is 23.8 Å². The molecular weight excluding hydrogens is 515 g/mol. The molecule has 0 bridgehead atoms. The molecule has 1 unspecified atom stereocenters. The molecule has 0 aliphatic carbocycles. The fourth-order valence-electron chi connectivity index (χ4n) is 3.87. The van der Waals surface area contributed by atoms with E-state index in [1.807, 2.05) is 0 Å². The maximum atomic E-state index is 13.2. The van der Waals surface area contributed by atoms with Crippen molar-refractivity contribution in [2.75, 3.05) is 12.0 Å². The summed E-state index contributed by atoms with van der Waals surface area (Å²) in [6.07, 6.45) is 3.12. The molecule has 1 amide bonds. The molecule has 186 valence electrons. The van der Waals surface area contributed by atoms with Crippen LogP contribution in [-0.2, 0) is 15.3 Å². The van der Waals surface area contributed by atoms with Crippen LogP contribution in [0.2, 0.25) is 0 Å². The predicted molar refractivity (Wildman–Crippen MR) is 138 cm³/mol. The van der Waals surface area contributed by atoms with Crippen molar-refractivity contribution in [3.05, 3.63) is 101 Å². The Labute approximate surface area is 219 Å². The lowest BCUT2D eigenvalue weighted by Crippen LogP contribution is -2.29. The lowest BCUT2D eigenvalue weighted by atomic mass is 9.96. The van der Waals surface area contributed by atoms with E-state index in [0.717, 1.165) is 16.9 Å². The number of ketones is 1. The van der Waals surface area contributed by atoms with Gasteiger partial charge in [-0.25, -0.2) is 4.39 Å². The second-order valence-corrected chi connectivity index (χ2v) is 10.1. The zero-order chi connectivity index (χ0) is 25.9. The topological polar surface area (TPSA) is 106 Å². The van der Waals surface area contributed by atoms with Crippen LogP contribution in [0.15, 0.2) is 83.0 Å². The van der Waals surface area contributed by atoms with Gasteiger partial charge in [-0.1, -0.05) is 41.3 Å². The Morgan fingerprint density at radius 1 is 1.11 bits per heavy atom. The first kappa shape index (κ1) is 24.6. The van der Waals surface area contributed by atoms with E-state index in [4.69, 9.17) is 4.74 Å². The molecule has 5 rings (SSSR count). The Bertz CT molecular complexity index is 1470. The number of benzene rings is 2. The van der Waals surface area contributed by atoms with Crippen LogP contribution in [0.5, 0.6) is 5.75 Å². The number of methoxy groups -OCH3 is 1. The monoisotopic (exact) mass is 534 g/mol. The second-order valence-electron chi connectivity index (χ2n) is 7.95. The van der Waals surface area contributed by atoms with E-state index < -0.39 is 17.7 Å². The largest absolute Gasteiger partial charge is 0.507 e. The zero-order valence-electron chi connectivity index (χ0n) is 19.4. The van der Waals surface area contributed by atoms with Gasteiger partial charge >= 0.3 is 5.91 Å². The van der Waals surface area contributed by atoms with Crippen molar-refractivity contribution in [3.63, 3.8) is 0 Å². The number of thioether (sulfide) groups is 1. The number of hydrogen-bond acceptors (Lipinski definition) is 9. The molecule has 1 saturated heterocycles. The summed E-state index contributed by atoms with van der Waals surface area (Å²) >= 11 is 2.53. The molecule has 0 radical (unpaired) electrons. The molecule has 8 nitrogen and oxygen atoms in total. The van der Waals surface area contributed by atoms with E-state index in [0.29, 0.717) is 27.0 Å². The summed E-state index contributed by atoms with van der Waals surface area (Å²) in [5, 5.41) is 19.7. The maximum Gasteiger partial charge on any atom is 0.301 e. The molecule has 1 aliphatic rings. The summed E-state index contributed by atoms with van der Waals surface area (Å²) in [5.41, 5.74) is 1.73. The number of anilines is 1. The zero-order valence-corrected chi connectivity index (χ0v) is 21.0. The van der Waals surface area contributed by atoms with Crippen LogP contribution in [0.25, 0.3) is 5.76 Å². The predicted octanol–water partition coefficient (Wildman–Crippen LogP) is 5.00. The molecule has 2 aromatic carbocycles. The van der Waals surface area contributed by atoms with Gasteiger partial charge in [-0.2, -0.15) is 0 Å². The SMILES string of the molecule is COc1ccc(/C(O)=C2/C(=O)C(=O)N(c3nnc(SCc4ccc(F)cc4)s3)C2c2cccnc2)cc1. The fraction of sp³-hybridized carbons (Fsp3) is 0.115. The van der Waals surface area contributed by atoms with Gasteiger partial charge in [-0.05, 0) is 53.6 Å². The van der Waals surface area contributed by atoms with Crippen molar-refractivity contribution in [1.82, 2.24) is 15.2 Å². The third-order valence-electron chi connectivity index (χ3n) is 5.69. The van der Waals surface area contributed by atoms with Crippen molar-refractivity contribution in [1.29, 1.82) is 0 Å². The molecule has 0 saturated carbocycles. The minimum absolute atomic E-state index is 0.0705. The van der Waals surface area contributed by atoms with Crippen molar-refractivity contribution >= 4 is 45.7 Å². The van der Waals surface area contributed by atoms with Gasteiger partial charge in [0, 0.05) is 23.7 Å². The van der Waals surface area contributed by atoms with Crippen LogP contribution < -0.4 is 9.64 Å². The summed E-state index contributed by atoms with van der Waals surface area (Å²) in [4.78, 5) is 31.8. The van der Waals surface area contributed by atoms with Gasteiger partial charge in [0.2, 0.25) is 5.13 Å². The number of rotatable bonds is 7. The molecule has 4 aromatic rings. The highest BCUT2D eigenvalue weighted by molar-refractivity contribution is 8.00. The van der Waals surface area contributed by atoms with Crippen LogP contribution in [0, 0.1) is 5.82 Å². The number of carbonyl (C=O) groups is 2. The van der Waals surface area contributed by atoms with Crippen molar-refractivity contribution in [2.45, 2.75) is 16.1 Å². The molecule has 0 spiro atoms. The number of aliphatic hydroxyl groups excluding tert-OH is 1. The first-order valence-electron chi connectivity index (χ1n) is 11.0. The number of carbonyl (C=O) groups excluding carboxylic acids is 2. The first-order valence-corrected chi connectivity index (χ1v) is 12.8. The summed E-state index contributed by atoms with van der Waals surface area (Å²) in [5.74, 6) is -1.18. The molecule has 37 heavy (non-hydrogen) atoms. The Morgan fingerprint density at radius 3 is 2.54 bits per heavy atom. The van der Waals surface area contributed by atoms with Crippen LogP contribution in [0.4, 0.5) is 9.52 Å². The van der Waals surface area contributed by atoms with Gasteiger partial charge in [0.1, 0.15) is 17.3 Å². The van der Waals surface area contributed by atoms with Crippen molar-refractivity contribution in [2.24, 2.45) is 0 Å². The quantitative estimate of drug-likeness (QED) is 0.116. The summed E-state index contributed by atoms with van der Waals surface area (Å²) < 4.78 is 18.9. The van der Waals surface area contributed by atoms with Gasteiger partial charge in [-0.15, -0.1) is 10.2 Å². The summed E-state index contributed by atoms with van der Waals surface area (Å²) in [7, 11) is 1.52. The number of halogens is 1. The number of aromatic nitrogens is 3. The molecular formula is C26H19FN4O4S2. The second kappa shape index (κ2) is 10.5. The average molecular weight is 535 g/mol. The number of ether oxygens (including phenoxy) is 1. The highest BCUT2D eigenvalue weighted by atomic mass is 32.2. The third kappa shape index (κ3) is 4.95. The Balaban J connectivity index is 1.51. The summed E-state index contributed by atoms with van der Waals surface area (Å²) in [6, 6.07) is 15.1. The van der Waals surface area contributed by atoms with E-state index in [2.05, 4.69) is 15.2 Å². The summed E-state index contributed by atoms with van der Waals surface area (Å²) in [6.45, 7) is 0. The molecule has 11 heteroatoms. The average Bonchev–Trinajstić information content (AvgIpc) is 3.50. The maximum absolute atomic E-state index is 13.2. The fourth-order valence-corrected chi connectivity index (χ4v) is 5.69. The Morgan fingerprint density at radius 2 is 1.86 bits per heavy atom. The van der Waals surface area contributed by atoms with Crippen LogP contribution in [0.3, 0.4) is 0 Å². The highest BCUT2D eigenvalue weighted by Gasteiger charge is 2.48. The number of hydrogen-bond donors (Lipinski definition) is 1. The lowest BCUT2D eigenvalue weighted by Gasteiger charge is -2.22. The minimum Gasteiger partial charge on any atom is -0.507 e. The molecule has 1 atom stereocenters. The third-order valence-corrected chi connectivity index (χ3v) is 7.81. The minimum atomic E-state index is -0.946. The highest BCUT2D eigenvalue weighted by Crippen LogP contribution is 2.43. The van der Waals surface area contributed by atoms with Gasteiger partial charge < -0.3 is 9.84 Å². The Hall–Kier alpha value is -4.09. The van der Waals surface area contributed by atoms with E-state index in [-0.39, 0.29) is 22.3 Å². The van der Waals surface area contributed by atoms with Crippen LogP contribution in [0.1, 0.15) is 22.7 Å². The van der Waals surface area contributed by atoms with E-state index in [1.165, 1.54) is 42.1 Å². The molecule has 1 aliphatic heterocycles. The number of Topliss-reactive ketones (excluding diaryl/α,β-unsaturated/α-hetero) is 1. The van der Waals surface area contributed by atoms with Crippen molar-refractivity contribution in [3.8, 4) is 5.75 Å². The van der Waals surface area contributed by atoms with Gasteiger partial charge in [0.25, 0.3) is 5.78 Å². The molecule has 1 fully saturated rings. The van der Waals surface area contributed by atoms with Gasteiger partial charge in [0.05, 0.1) is 18.7 Å². The standard InChI is InChI=1S/C26H19FN4O4S2/c1-35-19-10-6-16(7-11-19)22(32)20-21(17-3-2-12-28-13-17)31(24(34)23(20)33)25-29-30-26(37-25)36-14-15-4-8-18(27)9-5-15/h2-13,21,32H,14H2,1H3/b22-20-. The molecule has 3 heterocycles. The number of nitrogens with zero attached hydrogens (tertiary/aromatic N) is 4. The molecule has 1 N–H and O–H groups in total. The van der Waals surface area contributed by atoms with Gasteiger partial charge in [-0.3, -0.25) is 19.5 Å². The number of amides is 1. The lowest BCUT2D eigenvalue weighted by molar-refractivity contribution is -0.132. The first-order chi connectivity index (χ1) is 18.0. The molecule has 2 aromatic heterocycles. The number of aliphatic hydroxyl groups is 1. The van der Waals surface area contributed by atoms with E-state index >= 15 is 0 Å². The normalized spacial score (nSPS) is 16.8. The Kier molecular flexibility index (Phi) is 6.97. The van der Waals surface area contributed by atoms with Crippen LogP contribution in [-0.4, -0.2) is 39.1 Å². The number of pyridine rings is 1.